The third-order valence-corrected chi connectivity index (χ3v) is 9.58. The van der Waals surface area contributed by atoms with Gasteiger partial charge in [0.2, 0.25) is 0 Å². The maximum atomic E-state index is 2.59. The predicted molar refractivity (Wildman–Crippen MR) is 110 cm³/mol. The number of hydrogen-bond donors (Lipinski definition) is 0. The molecule has 10 unspecified atom stereocenters. The Balaban J connectivity index is 1.52. The van der Waals surface area contributed by atoms with E-state index in [2.05, 4.69) is 55.4 Å². The first kappa shape index (κ1) is 19.8. The van der Waals surface area contributed by atoms with Gasteiger partial charge in [-0.25, -0.2) is 0 Å². The topological polar surface area (TPSA) is 0 Å². The molecule has 0 radical (unpaired) electrons. The largest absolute Gasteiger partial charge is 0.0651 e. The van der Waals surface area contributed by atoms with Crippen LogP contribution in [0.15, 0.2) is 0 Å². The van der Waals surface area contributed by atoms with Gasteiger partial charge in [0.15, 0.2) is 0 Å². The fourth-order valence-corrected chi connectivity index (χ4v) is 8.22. The molecule has 0 bridgehead atoms. The average molecular weight is 347 g/mol. The summed E-state index contributed by atoms with van der Waals surface area (Å²) in [6.45, 7) is 20.1. The van der Waals surface area contributed by atoms with Crippen molar-refractivity contribution in [1.29, 1.82) is 0 Å². The van der Waals surface area contributed by atoms with Crippen molar-refractivity contribution in [3.8, 4) is 0 Å². The first-order valence-corrected chi connectivity index (χ1v) is 11.7. The molecule has 0 aromatic rings. The summed E-state index contributed by atoms with van der Waals surface area (Å²) in [7, 11) is 0. The Labute approximate surface area is 158 Å². The van der Waals surface area contributed by atoms with Crippen molar-refractivity contribution in [3.05, 3.63) is 0 Å². The van der Waals surface area contributed by atoms with Crippen molar-refractivity contribution in [1.82, 2.24) is 0 Å². The Morgan fingerprint density at radius 1 is 0.840 bits per heavy atom. The standard InChI is InChI=1S/C25H46/c1-9-19-12-16(4)23(19)17(5)13-20-11-15(3)21(20)14-18(6)24-22(10-2)25(24,7)8/h15-24H,9-14H2,1-8H3. The van der Waals surface area contributed by atoms with Crippen molar-refractivity contribution < 1.29 is 0 Å². The van der Waals surface area contributed by atoms with Crippen LogP contribution in [0.4, 0.5) is 0 Å². The lowest BCUT2D eigenvalue weighted by molar-refractivity contribution is -0.0141. The van der Waals surface area contributed by atoms with Crippen LogP contribution < -0.4 is 0 Å². The maximum Gasteiger partial charge on any atom is -0.0289 e. The van der Waals surface area contributed by atoms with E-state index >= 15 is 0 Å². The quantitative estimate of drug-likeness (QED) is 0.423. The van der Waals surface area contributed by atoms with E-state index in [0.717, 1.165) is 59.2 Å². The van der Waals surface area contributed by atoms with Crippen molar-refractivity contribution in [3.63, 3.8) is 0 Å². The highest BCUT2D eigenvalue weighted by molar-refractivity contribution is 5.07. The van der Waals surface area contributed by atoms with Crippen LogP contribution in [0.3, 0.4) is 0 Å². The zero-order valence-electron chi connectivity index (χ0n) is 18.5. The van der Waals surface area contributed by atoms with Gasteiger partial charge in [0, 0.05) is 0 Å². The molecule has 0 heteroatoms. The van der Waals surface area contributed by atoms with E-state index in [1.807, 2.05) is 0 Å². The smallest absolute Gasteiger partial charge is 0.0289 e. The molecular formula is C25H46. The van der Waals surface area contributed by atoms with E-state index in [1.54, 1.807) is 0 Å². The predicted octanol–water partition coefficient (Wildman–Crippen LogP) is 7.68. The van der Waals surface area contributed by atoms with E-state index in [-0.39, 0.29) is 0 Å². The molecule has 0 aliphatic heterocycles. The van der Waals surface area contributed by atoms with Gasteiger partial charge in [-0.3, -0.25) is 0 Å². The van der Waals surface area contributed by atoms with Crippen LogP contribution in [-0.2, 0) is 0 Å². The molecule has 0 N–H and O–H groups in total. The molecule has 0 aromatic heterocycles. The van der Waals surface area contributed by atoms with E-state index in [0.29, 0.717) is 5.41 Å². The van der Waals surface area contributed by atoms with Crippen molar-refractivity contribution >= 4 is 0 Å². The second kappa shape index (κ2) is 7.20. The van der Waals surface area contributed by atoms with Crippen LogP contribution in [0.2, 0.25) is 0 Å². The molecule has 0 aromatic carbocycles. The summed E-state index contributed by atoms with van der Waals surface area (Å²) in [5, 5.41) is 0. The fourth-order valence-electron chi connectivity index (χ4n) is 8.22. The van der Waals surface area contributed by atoms with Gasteiger partial charge >= 0.3 is 0 Å². The Kier molecular flexibility index (Phi) is 5.69. The molecule has 25 heavy (non-hydrogen) atoms. The summed E-state index contributed by atoms with van der Waals surface area (Å²) in [6, 6.07) is 0. The highest BCUT2D eigenvalue weighted by atomic mass is 14.6. The van der Waals surface area contributed by atoms with Crippen LogP contribution >= 0.6 is 0 Å². The Morgan fingerprint density at radius 2 is 1.48 bits per heavy atom. The summed E-state index contributed by atoms with van der Waals surface area (Å²) in [5.41, 5.74) is 0.625. The van der Waals surface area contributed by atoms with Crippen molar-refractivity contribution in [2.75, 3.05) is 0 Å². The van der Waals surface area contributed by atoms with Crippen molar-refractivity contribution in [2.45, 2.75) is 93.9 Å². The van der Waals surface area contributed by atoms with Crippen LogP contribution in [0.5, 0.6) is 0 Å². The highest BCUT2D eigenvalue weighted by Crippen LogP contribution is 2.65. The van der Waals surface area contributed by atoms with E-state index < -0.39 is 0 Å². The molecular weight excluding hydrogens is 300 g/mol. The minimum Gasteiger partial charge on any atom is -0.0651 e. The first-order valence-electron chi connectivity index (χ1n) is 11.7. The molecule has 10 atom stereocenters. The van der Waals surface area contributed by atoms with Gasteiger partial charge in [0.05, 0.1) is 0 Å². The minimum atomic E-state index is 0.625. The van der Waals surface area contributed by atoms with E-state index in [4.69, 9.17) is 0 Å². The number of hydrogen-bond acceptors (Lipinski definition) is 0. The first-order chi connectivity index (χ1) is 11.7. The zero-order valence-corrected chi connectivity index (χ0v) is 18.5. The lowest BCUT2D eigenvalue weighted by Gasteiger charge is -2.51. The monoisotopic (exact) mass is 346 g/mol. The third kappa shape index (κ3) is 3.45. The Bertz CT molecular complexity index is 449. The van der Waals surface area contributed by atoms with Crippen molar-refractivity contribution in [2.24, 2.45) is 64.6 Å². The normalized spacial score (nSPS) is 47.5. The summed E-state index contributed by atoms with van der Waals surface area (Å²) < 4.78 is 0. The van der Waals surface area contributed by atoms with Gasteiger partial charge in [-0.05, 0) is 90.3 Å². The molecule has 3 saturated carbocycles. The van der Waals surface area contributed by atoms with E-state index in [1.165, 1.54) is 38.5 Å². The Morgan fingerprint density at radius 3 is 1.96 bits per heavy atom. The second-order valence-electron chi connectivity index (χ2n) is 11.4. The number of rotatable bonds is 8. The third-order valence-electron chi connectivity index (χ3n) is 9.58. The lowest BCUT2D eigenvalue weighted by Crippen LogP contribution is -2.43. The van der Waals surface area contributed by atoms with Crippen LogP contribution in [0.25, 0.3) is 0 Å². The van der Waals surface area contributed by atoms with Gasteiger partial charge in [-0.15, -0.1) is 0 Å². The molecule has 146 valence electrons. The minimum absolute atomic E-state index is 0.625. The fraction of sp³-hybridized carbons (Fsp3) is 1.00. The molecule has 0 spiro atoms. The lowest BCUT2D eigenvalue weighted by atomic mass is 9.54. The van der Waals surface area contributed by atoms with Gasteiger partial charge in [-0.1, -0.05) is 68.2 Å². The molecule has 0 amide bonds. The molecule has 3 aliphatic rings. The van der Waals surface area contributed by atoms with E-state index in [9.17, 15) is 0 Å². The van der Waals surface area contributed by atoms with Gasteiger partial charge < -0.3 is 0 Å². The molecule has 3 fully saturated rings. The molecule has 3 aliphatic carbocycles. The van der Waals surface area contributed by atoms with Gasteiger partial charge in [0.1, 0.15) is 0 Å². The summed E-state index contributed by atoms with van der Waals surface area (Å²) >= 11 is 0. The molecule has 0 saturated heterocycles. The summed E-state index contributed by atoms with van der Waals surface area (Å²) in [5.74, 6) is 10.0. The summed E-state index contributed by atoms with van der Waals surface area (Å²) in [4.78, 5) is 0. The Hall–Kier alpha value is 0. The van der Waals surface area contributed by atoms with Gasteiger partial charge in [0.25, 0.3) is 0 Å². The molecule has 3 rings (SSSR count). The SMILES string of the molecule is CCC1CC(C)C1C(C)CC1CC(C)C1CC(C)C1C(CC)C1(C)C. The van der Waals surface area contributed by atoms with Crippen LogP contribution in [-0.4, -0.2) is 0 Å². The van der Waals surface area contributed by atoms with Crippen LogP contribution in [0, 0.1) is 64.6 Å². The average Bonchev–Trinajstić information content (AvgIpc) is 3.10. The van der Waals surface area contributed by atoms with Gasteiger partial charge in [-0.2, -0.15) is 0 Å². The maximum absolute atomic E-state index is 2.59. The zero-order chi connectivity index (χ0) is 18.5. The van der Waals surface area contributed by atoms with Crippen LogP contribution in [0.1, 0.15) is 93.9 Å². The second-order valence-corrected chi connectivity index (χ2v) is 11.4. The highest BCUT2D eigenvalue weighted by Gasteiger charge is 2.58. The molecule has 0 nitrogen and oxygen atoms in total. The summed E-state index contributed by atoms with van der Waals surface area (Å²) in [6.07, 6.45) is 8.86. The molecule has 0 heterocycles.